The van der Waals surface area contributed by atoms with Gasteiger partial charge in [-0.15, -0.1) is 0 Å². The van der Waals surface area contributed by atoms with Gasteiger partial charge in [0.25, 0.3) is 10.0 Å². The summed E-state index contributed by atoms with van der Waals surface area (Å²) in [5.74, 6) is 0.0913. The van der Waals surface area contributed by atoms with Gasteiger partial charge in [0.2, 0.25) is 0 Å². The minimum atomic E-state index is -3.79. The van der Waals surface area contributed by atoms with Gasteiger partial charge in [0.1, 0.15) is 6.33 Å². The monoisotopic (exact) mass is 429 g/mol. The molecule has 1 atom stereocenters. The number of esters is 1. The molecule has 3 heterocycles. The first kappa shape index (κ1) is 20.3. The van der Waals surface area contributed by atoms with Gasteiger partial charge in [-0.25, -0.2) is 27.4 Å². The van der Waals surface area contributed by atoms with Crippen LogP contribution in [0.5, 0.6) is 0 Å². The van der Waals surface area contributed by atoms with Gasteiger partial charge >= 0.3 is 5.97 Å². The van der Waals surface area contributed by atoms with Crippen molar-refractivity contribution in [3.63, 3.8) is 0 Å². The van der Waals surface area contributed by atoms with E-state index >= 15 is 0 Å². The predicted molar refractivity (Wildman–Crippen MR) is 111 cm³/mol. The molecule has 0 amide bonds. The van der Waals surface area contributed by atoms with E-state index in [2.05, 4.69) is 15.4 Å². The van der Waals surface area contributed by atoms with Crippen LogP contribution < -0.4 is 5.43 Å². The molecule has 2 aromatic heterocycles. The Balaban J connectivity index is 1.60. The highest BCUT2D eigenvalue weighted by molar-refractivity contribution is 7.90. The molecule has 0 radical (unpaired) electrons. The lowest BCUT2D eigenvalue weighted by Gasteiger charge is -2.18. The molecule has 1 aliphatic rings. The molecular weight excluding hydrogens is 406 g/mol. The van der Waals surface area contributed by atoms with Gasteiger partial charge in [0.15, 0.2) is 11.5 Å². The number of hydrogen-bond donors (Lipinski definition) is 1. The van der Waals surface area contributed by atoms with Crippen molar-refractivity contribution in [2.75, 3.05) is 25.1 Å². The van der Waals surface area contributed by atoms with Crippen molar-refractivity contribution in [3.05, 3.63) is 48.4 Å². The van der Waals surface area contributed by atoms with E-state index in [1.165, 1.54) is 12.5 Å². The molecule has 0 bridgehead atoms. The Labute approximate surface area is 174 Å². The molecule has 1 fully saturated rings. The number of rotatable bonds is 6. The maximum atomic E-state index is 13.1. The molecule has 1 N–H and O–H groups in total. The number of fused-ring (bicyclic) bond motifs is 1. The maximum absolute atomic E-state index is 13.1. The van der Waals surface area contributed by atoms with Crippen molar-refractivity contribution >= 4 is 32.8 Å². The number of hydrogen-bond acceptors (Lipinski definition) is 8. The highest BCUT2D eigenvalue weighted by atomic mass is 32.2. The molecule has 4 rings (SSSR count). The zero-order chi connectivity index (χ0) is 21.3. The molecule has 3 aromatic rings. The lowest BCUT2D eigenvalue weighted by molar-refractivity contribution is -0.147. The zero-order valence-corrected chi connectivity index (χ0v) is 17.6. The fourth-order valence-corrected chi connectivity index (χ4v) is 4.80. The normalized spacial score (nSPS) is 17.3. The van der Waals surface area contributed by atoms with Gasteiger partial charge in [-0.05, 0) is 38.5 Å². The van der Waals surface area contributed by atoms with Crippen LogP contribution in [-0.2, 0) is 19.6 Å². The summed E-state index contributed by atoms with van der Waals surface area (Å²) < 4.78 is 32.4. The first-order valence-electron chi connectivity index (χ1n) is 9.72. The van der Waals surface area contributed by atoms with Crippen molar-refractivity contribution in [3.8, 4) is 0 Å². The Hall–Kier alpha value is -2.98. The van der Waals surface area contributed by atoms with E-state index in [1.54, 1.807) is 37.3 Å². The van der Waals surface area contributed by atoms with Gasteiger partial charge in [-0.1, -0.05) is 17.7 Å². The van der Waals surface area contributed by atoms with E-state index in [-0.39, 0.29) is 22.4 Å². The van der Waals surface area contributed by atoms with E-state index in [1.807, 2.05) is 11.9 Å². The number of aryl methyl sites for hydroxylation is 1. The van der Waals surface area contributed by atoms with Crippen molar-refractivity contribution in [2.24, 2.45) is 5.92 Å². The average Bonchev–Trinajstić information content (AvgIpc) is 3.36. The van der Waals surface area contributed by atoms with Gasteiger partial charge < -0.3 is 10.2 Å². The summed E-state index contributed by atoms with van der Waals surface area (Å²) in [6.45, 7) is 5.19. The van der Waals surface area contributed by atoms with Crippen molar-refractivity contribution in [1.82, 2.24) is 18.9 Å². The van der Waals surface area contributed by atoms with Crippen LogP contribution in [0.15, 0.2) is 47.8 Å². The third-order valence-electron chi connectivity index (χ3n) is 5.10. The molecule has 1 aliphatic heterocycles. The molecule has 158 valence electrons. The fraction of sp³-hybridized carbons (Fsp3) is 0.350. The molecular formula is C20H23N5O4S. The molecule has 0 aliphatic carbocycles. The van der Waals surface area contributed by atoms with E-state index in [9.17, 15) is 13.2 Å². The van der Waals surface area contributed by atoms with Crippen LogP contribution in [0.2, 0.25) is 0 Å². The highest BCUT2D eigenvalue weighted by Crippen LogP contribution is 2.26. The van der Waals surface area contributed by atoms with Gasteiger partial charge in [0, 0.05) is 19.3 Å². The van der Waals surface area contributed by atoms with Crippen LogP contribution in [0.3, 0.4) is 0 Å². The average molecular weight is 430 g/mol. The summed E-state index contributed by atoms with van der Waals surface area (Å²) in [5, 5.41) is 2.46. The van der Waals surface area contributed by atoms with Crippen molar-refractivity contribution in [1.29, 1.82) is 0 Å². The van der Waals surface area contributed by atoms with E-state index in [0.29, 0.717) is 37.3 Å². The van der Waals surface area contributed by atoms with E-state index in [0.717, 1.165) is 9.54 Å². The Morgan fingerprint density at radius 2 is 2.00 bits per heavy atom. The van der Waals surface area contributed by atoms with Crippen molar-refractivity contribution < 1.29 is 17.9 Å². The Morgan fingerprint density at radius 1 is 1.23 bits per heavy atom. The fourth-order valence-electron chi connectivity index (χ4n) is 3.50. The zero-order valence-electron chi connectivity index (χ0n) is 16.8. The summed E-state index contributed by atoms with van der Waals surface area (Å²) >= 11 is 0. The van der Waals surface area contributed by atoms with E-state index in [4.69, 9.17) is 4.74 Å². The number of nitrogens with zero attached hydrogens (tertiary/aromatic N) is 4. The summed E-state index contributed by atoms with van der Waals surface area (Å²) in [6.07, 6.45) is 3.48. The topological polar surface area (TPSA) is 106 Å². The predicted octanol–water partition coefficient (Wildman–Crippen LogP) is 2.19. The quantitative estimate of drug-likeness (QED) is 0.595. The number of carbonyl (C=O) groups is 1. The minimum Gasteiger partial charge on any atom is -0.466 e. The number of hydrazine groups is 1. The first-order chi connectivity index (χ1) is 14.4. The first-order valence-corrected chi connectivity index (χ1v) is 11.2. The lowest BCUT2D eigenvalue weighted by atomic mass is 10.1. The molecule has 1 aromatic carbocycles. The third-order valence-corrected chi connectivity index (χ3v) is 6.78. The van der Waals surface area contributed by atoms with Crippen LogP contribution in [0.1, 0.15) is 18.9 Å². The standard InChI is InChI=1S/C20H23N5O4S/c1-3-29-20(26)15-8-10-24(12-15)23-18-17-9-11-25(19(17)22-13-21-18)30(27,28)16-6-4-14(2)5-7-16/h4-7,9,11,13,15H,3,8,10,12H2,1-2H3,(H,21,22,23). The smallest absolute Gasteiger partial charge is 0.310 e. The van der Waals surface area contributed by atoms with Gasteiger partial charge in [-0.3, -0.25) is 4.79 Å². The highest BCUT2D eigenvalue weighted by Gasteiger charge is 2.30. The van der Waals surface area contributed by atoms with E-state index < -0.39 is 10.0 Å². The molecule has 0 saturated carbocycles. The van der Waals surface area contributed by atoms with Crippen LogP contribution in [-0.4, -0.2) is 53.0 Å². The maximum Gasteiger partial charge on any atom is 0.310 e. The number of ether oxygens (including phenoxy) is 1. The molecule has 1 saturated heterocycles. The van der Waals surface area contributed by atoms with Crippen LogP contribution >= 0.6 is 0 Å². The Kier molecular flexibility index (Phi) is 5.44. The lowest BCUT2D eigenvalue weighted by Crippen LogP contribution is -2.30. The Bertz CT molecular complexity index is 1170. The van der Waals surface area contributed by atoms with Crippen LogP contribution in [0.25, 0.3) is 11.0 Å². The second-order valence-electron chi connectivity index (χ2n) is 7.18. The molecule has 30 heavy (non-hydrogen) atoms. The SMILES string of the molecule is CCOC(=O)C1CCN(Nc2ncnc3c2ccn3S(=O)(=O)c2ccc(C)cc2)C1. The third kappa shape index (κ3) is 3.75. The second-order valence-corrected chi connectivity index (χ2v) is 9.00. The summed E-state index contributed by atoms with van der Waals surface area (Å²) in [6, 6.07) is 8.34. The second kappa shape index (κ2) is 8.04. The van der Waals surface area contributed by atoms with Gasteiger partial charge in [0.05, 0.1) is 22.8 Å². The summed E-state index contributed by atoms with van der Waals surface area (Å²) in [7, 11) is -3.79. The summed E-state index contributed by atoms with van der Waals surface area (Å²) in [4.78, 5) is 20.6. The number of carbonyl (C=O) groups excluding carboxylic acids is 1. The number of anilines is 1. The number of nitrogens with one attached hydrogen (secondary N) is 1. The minimum absolute atomic E-state index is 0.190. The van der Waals surface area contributed by atoms with Gasteiger partial charge in [-0.2, -0.15) is 0 Å². The number of benzene rings is 1. The number of aromatic nitrogens is 3. The summed E-state index contributed by atoms with van der Waals surface area (Å²) in [5.41, 5.74) is 4.45. The largest absolute Gasteiger partial charge is 0.466 e. The van der Waals surface area contributed by atoms with Crippen LogP contribution in [0.4, 0.5) is 5.82 Å². The van der Waals surface area contributed by atoms with Crippen LogP contribution in [0, 0.1) is 12.8 Å². The molecule has 10 heteroatoms. The molecule has 0 spiro atoms. The molecule has 9 nitrogen and oxygen atoms in total. The molecule has 1 unspecified atom stereocenters. The Morgan fingerprint density at radius 3 is 2.73 bits per heavy atom. The van der Waals surface area contributed by atoms with Crippen molar-refractivity contribution in [2.45, 2.75) is 25.2 Å².